The lowest BCUT2D eigenvalue weighted by molar-refractivity contribution is -0.198. The Morgan fingerprint density at radius 1 is 1.23 bits per heavy atom. The molecule has 5 nitrogen and oxygen atoms in total. The first kappa shape index (κ1) is 18.7. The first-order chi connectivity index (χ1) is 10.4. The van der Waals surface area contributed by atoms with Gasteiger partial charge in [0.25, 0.3) is 11.8 Å². The molecule has 1 atom stereocenters. The molecule has 22 heavy (non-hydrogen) atoms. The Morgan fingerprint density at radius 3 is 2.32 bits per heavy atom. The highest BCUT2D eigenvalue weighted by atomic mass is 16.7. The van der Waals surface area contributed by atoms with Crippen molar-refractivity contribution in [3.63, 3.8) is 0 Å². The lowest BCUT2D eigenvalue weighted by atomic mass is 10.0. The zero-order valence-electron chi connectivity index (χ0n) is 14.2. The third-order valence-electron chi connectivity index (χ3n) is 3.41. The Balaban J connectivity index is 0.000000220. The van der Waals surface area contributed by atoms with Gasteiger partial charge in [0.05, 0.1) is 18.5 Å². The first-order valence-electron chi connectivity index (χ1n) is 8.23. The lowest BCUT2D eigenvalue weighted by Gasteiger charge is -2.19. The van der Waals surface area contributed by atoms with Crippen LogP contribution < -0.4 is 0 Å². The predicted molar refractivity (Wildman–Crippen MR) is 84.6 cm³/mol. The number of ether oxygens (including phenoxy) is 1. The number of carbonyl (C=O) groups excluding carboxylic acids is 2. The Labute approximate surface area is 133 Å². The minimum atomic E-state index is -0.233. The summed E-state index contributed by atoms with van der Waals surface area (Å²) in [6.07, 6.45) is 9.83. The predicted octanol–water partition coefficient (Wildman–Crippen LogP) is 3.59. The molecule has 5 heteroatoms. The second-order valence-electron chi connectivity index (χ2n) is 6.41. The van der Waals surface area contributed by atoms with Crippen molar-refractivity contribution in [1.29, 1.82) is 0 Å². The fraction of sp³-hybridized carbons (Fsp3) is 0.765. The molecule has 2 aliphatic heterocycles. The largest absolute Gasteiger partial charge is 0.498 e. The standard InChI is InChI=1S/C10H18O.C7H11NO3/c1-9(2)6-7-10-5-3-4-8-11-10;1-5(2)11-8-6(9)3-4-7(8)10/h4,8-10H,3,5-7H2,1-2H3;5H,3-4H2,1-2H3. The van der Waals surface area contributed by atoms with Crippen LogP contribution in [-0.4, -0.2) is 29.1 Å². The van der Waals surface area contributed by atoms with Crippen LogP contribution in [0.4, 0.5) is 0 Å². The third kappa shape index (κ3) is 7.07. The normalized spacial score (nSPS) is 21.2. The van der Waals surface area contributed by atoms with E-state index >= 15 is 0 Å². The van der Waals surface area contributed by atoms with Gasteiger partial charge in [0.1, 0.15) is 0 Å². The molecule has 2 rings (SSSR count). The molecular formula is C17H29NO4. The number of hydroxylamine groups is 2. The van der Waals surface area contributed by atoms with Crippen LogP contribution in [-0.2, 0) is 19.2 Å². The Morgan fingerprint density at radius 2 is 1.86 bits per heavy atom. The number of hydrogen-bond donors (Lipinski definition) is 0. The SMILES string of the molecule is CC(C)CCC1CCC=CO1.CC(C)ON1C(=O)CCC1=O. The van der Waals surface area contributed by atoms with Gasteiger partial charge in [-0.2, -0.15) is 5.06 Å². The zero-order chi connectivity index (χ0) is 16.5. The van der Waals surface area contributed by atoms with Gasteiger partial charge in [-0.15, -0.1) is 0 Å². The van der Waals surface area contributed by atoms with E-state index in [4.69, 9.17) is 9.57 Å². The van der Waals surface area contributed by atoms with Crippen molar-refractivity contribution < 1.29 is 19.2 Å². The van der Waals surface area contributed by atoms with Crippen molar-refractivity contribution >= 4 is 11.8 Å². The summed E-state index contributed by atoms with van der Waals surface area (Å²) in [6, 6.07) is 0. The molecule has 0 aliphatic carbocycles. The number of amides is 2. The van der Waals surface area contributed by atoms with Gasteiger partial charge in [-0.1, -0.05) is 13.8 Å². The van der Waals surface area contributed by atoms with Crippen molar-refractivity contribution in [2.75, 3.05) is 0 Å². The van der Waals surface area contributed by atoms with E-state index in [1.165, 1.54) is 25.7 Å². The van der Waals surface area contributed by atoms with Gasteiger partial charge in [0.2, 0.25) is 0 Å². The van der Waals surface area contributed by atoms with E-state index in [2.05, 4.69) is 19.9 Å². The number of nitrogens with zero attached hydrogens (tertiary/aromatic N) is 1. The Hall–Kier alpha value is -1.36. The molecular weight excluding hydrogens is 282 g/mol. The molecule has 2 amide bonds. The van der Waals surface area contributed by atoms with E-state index in [1.807, 2.05) is 6.26 Å². The molecule has 126 valence electrons. The molecule has 0 bridgehead atoms. The summed E-state index contributed by atoms with van der Waals surface area (Å²) < 4.78 is 5.45. The fourth-order valence-corrected chi connectivity index (χ4v) is 2.20. The van der Waals surface area contributed by atoms with Crippen LogP contribution in [0.1, 0.15) is 66.2 Å². The molecule has 2 heterocycles. The summed E-state index contributed by atoms with van der Waals surface area (Å²) in [5.41, 5.74) is 0. The van der Waals surface area contributed by atoms with Crippen molar-refractivity contribution in [3.8, 4) is 0 Å². The number of rotatable bonds is 5. The third-order valence-corrected chi connectivity index (χ3v) is 3.41. The summed E-state index contributed by atoms with van der Waals surface area (Å²) >= 11 is 0. The van der Waals surface area contributed by atoms with Crippen LogP contribution >= 0.6 is 0 Å². The van der Waals surface area contributed by atoms with Crippen LogP contribution in [0.2, 0.25) is 0 Å². The van der Waals surface area contributed by atoms with Crippen molar-refractivity contribution in [2.24, 2.45) is 5.92 Å². The van der Waals surface area contributed by atoms with Crippen LogP contribution in [0.15, 0.2) is 12.3 Å². The molecule has 0 saturated carbocycles. The number of imide groups is 1. The zero-order valence-corrected chi connectivity index (χ0v) is 14.2. The molecule has 0 N–H and O–H groups in total. The second kappa shape index (κ2) is 9.62. The molecule has 1 unspecified atom stereocenters. The average molecular weight is 311 g/mol. The summed E-state index contributed by atoms with van der Waals surface area (Å²) in [6.45, 7) is 8.08. The van der Waals surface area contributed by atoms with E-state index in [-0.39, 0.29) is 30.8 Å². The second-order valence-corrected chi connectivity index (χ2v) is 6.41. The van der Waals surface area contributed by atoms with Gasteiger partial charge in [0.15, 0.2) is 0 Å². The summed E-state index contributed by atoms with van der Waals surface area (Å²) in [5, 5.41) is 0.866. The quantitative estimate of drug-likeness (QED) is 0.728. The average Bonchev–Trinajstić information content (AvgIpc) is 2.78. The number of hydrogen-bond acceptors (Lipinski definition) is 4. The molecule has 1 fully saturated rings. The van der Waals surface area contributed by atoms with Crippen molar-refractivity contribution in [2.45, 2.75) is 78.4 Å². The van der Waals surface area contributed by atoms with Gasteiger partial charge in [-0.05, 0) is 51.5 Å². The maximum atomic E-state index is 10.9. The highest BCUT2D eigenvalue weighted by molar-refractivity contribution is 6.00. The van der Waals surface area contributed by atoms with Crippen LogP contribution in [0.25, 0.3) is 0 Å². The highest BCUT2D eigenvalue weighted by Gasteiger charge is 2.30. The van der Waals surface area contributed by atoms with E-state index in [0.717, 1.165) is 11.0 Å². The minimum Gasteiger partial charge on any atom is -0.498 e. The van der Waals surface area contributed by atoms with E-state index in [1.54, 1.807) is 13.8 Å². The fourth-order valence-electron chi connectivity index (χ4n) is 2.20. The summed E-state index contributed by atoms with van der Waals surface area (Å²) in [4.78, 5) is 26.8. The first-order valence-corrected chi connectivity index (χ1v) is 8.23. The Kier molecular flexibility index (Phi) is 8.17. The molecule has 1 saturated heterocycles. The molecule has 0 spiro atoms. The summed E-state index contributed by atoms with van der Waals surface area (Å²) in [5.74, 6) is 0.344. The molecule has 0 aromatic rings. The van der Waals surface area contributed by atoms with Gasteiger partial charge in [-0.25, -0.2) is 0 Å². The van der Waals surface area contributed by atoms with Crippen LogP contribution in [0.3, 0.4) is 0 Å². The van der Waals surface area contributed by atoms with E-state index in [9.17, 15) is 9.59 Å². The maximum Gasteiger partial charge on any atom is 0.254 e. The molecule has 2 aliphatic rings. The van der Waals surface area contributed by atoms with E-state index in [0.29, 0.717) is 6.10 Å². The monoisotopic (exact) mass is 311 g/mol. The number of allylic oxidation sites excluding steroid dienone is 1. The maximum absolute atomic E-state index is 10.9. The Bertz CT molecular complexity index is 374. The molecule has 0 aromatic heterocycles. The topological polar surface area (TPSA) is 55.8 Å². The van der Waals surface area contributed by atoms with Gasteiger partial charge in [-0.3, -0.25) is 14.4 Å². The van der Waals surface area contributed by atoms with Gasteiger partial charge in [0, 0.05) is 12.8 Å². The molecule has 0 radical (unpaired) electrons. The van der Waals surface area contributed by atoms with Crippen molar-refractivity contribution in [3.05, 3.63) is 12.3 Å². The summed E-state index contributed by atoms with van der Waals surface area (Å²) in [7, 11) is 0. The lowest BCUT2D eigenvalue weighted by Crippen LogP contribution is -2.31. The molecule has 0 aromatic carbocycles. The van der Waals surface area contributed by atoms with Crippen molar-refractivity contribution in [1.82, 2.24) is 5.06 Å². The highest BCUT2D eigenvalue weighted by Crippen LogP contribution is 2.17. The van der Waals surface area contributed by atoms with E-state index < -0.39 is 0 Å². The minimum absolute atomic E-state index is 0.124. The van der Waals surface area contributed by atoms with Gasteiger partial charge >= 0.3 is 0 Å². The smallest absolute Gasteiger partial charge is 0.254 e. The van der Waals surface area contributed by atoms with Crippen LogP contribution in [0, 0.1) is 5.92 Å². The van der Waals surface area contributed by atoms with Crippen LogP contribution in [0.5, 0.6) is 0 Å². The number of carbonyl (C=O) groups is 2. The van der Waals surface area contributed by atoms with Gasteiger partial charge < -0.3 is 4.74 Å².